The number of piperidine rings is 1. The first-order valence-electron chi connectivity index (χ1n) is 7.33. The van der Waals surface area contributed by atoms with Gasteiger partial charge in [0.15, 0.2) is 0 Å². The van der Waals surface area contributed by atoms with Gasteiger partial charge in [0.05, 0.1) is 12.6 Å². The number of nitrogens with one attached hydrogen (secondary N) is 1. The average Bonchev–Trinajstić information content (AvgIpc) is 2.93. The van der Waals surface area contributed by atoms with Crippen molar-refractivity contribution in [3.8, 4) is 5.75 Å². The van der Waals surface area contributed by atoms with Gasteiger partial charge in [0.2, 0.25) is 0 Å². The molecular weight excluding hydrogens is 238 g/mol. The average molecular weight is 259 g/mol. The van der Waals surface area contributed by atoms with E-state index in [1.807, 2.05) is 6.07 Å². The summed E-state index contributed by atoms with van der Waals surface area (Å²) in [5.41, 5.74) is 2.55. The molecule has 19 heavy (non-hydrogen) atoms. The van der Waals surface area contributed by atoms with Crippen LogP contribution in [-0.2, 0) is 17.6 Å². The number of ether oxygens (including phenoxy) is 1. The van der Waals surface area contributed by atoms with E-state index < -0.39 is 0 Å². The van der Waals surface area contributed by atoms with Crippen molar-refractivity contribution in [2.45, 2.75) is 44.6 Å². The number of carbonyl (C=O) groups is 1. The monoisotopic (exact) mass is 259 g/mol. The Morgan fingerprint density at radius 2 is 2.32 bits per heavy atom. The molecule has 2 aliphatic heterocycles. The minimum atomic E-state index is 0.103. The number of benzene rings is 1. The Balaban J connectivity index is 1.55. The number of hydrogen-bond donors (Lipinski definition) is 1. The van der Waals surface area contributed by atoms with Gasteiger partial charge in [-0.2, -0.15) is 0 Å². The third-order valence-corrected chi connectivity index (χ3v) is 4.11. The maximum atomic E-state index is 12.1. The van der Waals surface area contributed by atoms with Gasteiger partial charge < -0.3 is 10.1 Å². The number of carbonyl (C=O) groups excluding carboxylic acids is 1. The minimum absolute atomic E-state index is 0.103. The van der Waals surface area contributed by atoms with Crippen molar-refractivity contribution in [3.05, 3.63) is 29.3 Å². The van der Waals surface area contributed by atoms with Gasteiger partial charge in [-0.3, -0.25) is 4.79 Å². The predicted molar refractivity (Wildman–Crippen MR) is 74.6 cm³/mol. The van der Waals surface area contributed by atoms with E-state index in [9.17, 15) is 4.79 Å². The molecule has 102 valence electrons. The second kappa shape index (κ2) is 5.74. The Bertz CT molecular complexity index is 464. The van der Waals surface area contributed by atoms with Gasteiger partial charge in [0.25, 0.3) is 0 Å². The standard InChI is InChI=1S/C16H21NO2/c18-15(14-3-1-2-9-17-14)6-4-12-5-7-16-13(11-12)8-10-19-16/h5,7,11,14,17H,1-4,6,8-10H2. The maximum absolute atomic E-state index is 12.1. The van der Waals surface area contributed by atoms with E-state index in [-0.39, 0.29) is 6.04 Å². The molecule has 1 aromatic rings. The Morgan fingerprint density at radius 1 is 1.37 bits per heavy atom. The van der Waals surface area contributed by atoms with Crippen molar-refractivity contribution in [3.63, 3.8) is 0 Å². The third-order valence-electron chi connectivity index (χ3n) is 4.11. The van der Waals surface area contributed by atoms with Gasteiger partial charge in [0, 0.05) is 12.8 Å². The lowest BCUT2D eigenvalue weighted by Crippen LogP contribution is -2.40. The Kier molecular flexibility index (Phi) is 3.83. The lowest BCUT2D eigenvalue weighted by Gasteiger charge is -2.22. The summed E-state index contributed by atoms with van der Waals surface area (Å²) in [6, 6.07) is 6.43. The van der Waals surface area contributed by atoms with Gasteiger partial charge in [-0.05, 0) is 43.0 Å². The molecule has 0 amide bonds. The van der Waals surface area contributed by atoms with Gasteiger partial charge in [-0.25, -0.2) is 0 Å². The van der Waals surface area contributed by atoms with Crippen molar-refractivity contribution in [1.29, 1.82) is 0 Å². The summed E-state index contributed by atoms with van der Waals surface area (Å²) in [6.45, 7) is 1.79. The smallest absolute Gasteiger partial charge is 0.150 e. The molecule has 1 aromatic carbocycles. The maximum Gasteiger partial charge on any atom is 0.150 e. The number of ketones is 1. The van der Waals surface area contributed by atoms with Crippen LogP contribution in [-0.4, -0.2) is 25.0 Å². The molecule has 3 rings (SSSR count). The second-order valence-electron chi connectivity index (χ2n) is 5.51. The fourth-order valence-corrected chi connectivity index (χ4v) is 2.96. The molecule has 0 radical (unpaired) electrons. The summed E-state index contributed by atoms with van der Waals surface area (Å²) in [7, 11) is 0. The van der Waals surface area contributed by atoms with Gasteiger partial charge in [-0.1, -0.05) is 18.6 Å². The first-order valence-corrected chi connectivity index (χ1v) is 7.33. The quantitative estimate of drug-likeness (QED) is 0.901. The topological polar surface area (TPSA) is 38.3 Å². The van der Waals surface area contributed by atoms with Gasteiger partial charge in [-0.15, -0.1) is 0 Å². The minimum Gasteiger partial charge on any atom is -0.493 e. The Morgan fingerprint density at radius 3 is 3.16 bits per heavy atom. The lowest BCUT2D eigenvalue weighted by molar-refractivity contribution is -0.121. The van der Waals surface area contributed by atoms with Crippen molar-refractivity contribution in [1.82, 2.24) is 5.32 Å². The molecule has 0 spiro atoms. The van der Waals surface area contributed by atoms with Gasteiger partial charge in [0.1, 0.15) is 11.5 Å². The molecule has 1 N–H and O–H groups in total. The fraction of sp³-hybridized carbons (Fsp3) is 0.562. The molecule has 2 heterocycles. The SMILES string of the molecule is O=C(CCc1ccc2c(c1)CCO2)C1CCCCN1. The summed E-state index contributed by atoms with van der Waals surface area (Å²) in [5.74, 6) is 1.39. The molecular formula is C16H21NO2. The highest BCUT2D eigenvalue weighted by Crippen LogP contribution is 2.26. The van der Waals surface area contributed by atoms with Crippen LogP contribution in [0.25, 0.3) is 0 Å². The zero-order valence-electron chi connectivity index (χ0n) is 11.3. The largest absolute Gasteiger partial charge is 0.493 e. The molecule has 1 unspecified atom stereocenters. The summed E-state index contributed by atoms with van der Waals surface area (Å²) >= 11 is 0. The van der Waals surface area contributed by atoms with Crippen LogP contribution in [0.3, 0.4) is 0 Å². The van der Waals surface area contributed by atoms with Crippen LogP contribution in [0.5, 0.6) is 5.75 Å². The number of hydrogen-bond acceptors (Lipinski definition) is 3. The van der Waals surface area contributed by atoms with E-state index in [0.29, 0.717) is 12.2 Å². The number of rotatable bonds is 4. The number of Topliss-reactive ketones (excluding diaryl/α,β-unsaturated/α-hetero) is 1. The number of aryl methyl sites for hydroxylation is 1. The Labute approximate surface area is 114 Å². The molecule has 1 saturated heterocycles. The molecule has 2 aliphatic rings. The van der Waals surface area contributed by atoms with Crippen LogP contribution in [0.4, 0.5) is 0 Å². The molecule has 0 aromatic heterocycles. The molecule has 1 fully saturated rings. The lowest BCUT2D eigenvalue weighted by atomic mass is 9.96. The van der Waals surface area contributed by atoms with Crippen molar-refractivity contribution < 1.29 is 9.53 Å². The third kappa shape index (κ3) is 2.98. The highest BCUT2D eigenvalue weighted by molar-refractivity contribution is 5.84. The fourth-order valence-electron chi connectivity index (χ4n) is 2.96. The van der Waals surface area contributed by atoms with Crippen LogP contribution >= 0.6 is 0 Å². The highest BCUT2D eigenvalue weighted by Gasteiger charge is 2.20. The summed E-state index contributed by atoms with van der Waals surface area (Å²) in [6.07, 6.45) is 5.90. The molecule has 1 atom stereocenters. The van der Waals surface area contributed by atoms with Crippen molar-refractivity contribution in [2.75, 3.05) is 13.2 Å². The van der Waals surface area contributed by atoms with Crippen LogP contribution in [0.1, 0.15) is 36.8 Å². The zero-order chi connectivity index (χ0) is 13.1. The molecule has 0 saturated carbocycles. The molecule has 0 bridgehead atoms. The van der Waals surface area contributed by atoms with E-state index in [1.165, 1.54) is 24.0 Å². The summed E-state index contributed by atoms with van der Waals surface area (Å²) < 4.78 is 5.50. The van der Waals surface area contributed by atoms with E-state index >= 15 is 0 Å². The van der Waals surface area contributed by atoms with Crippen molar-refractivity contribution in [2.24, 2.45) is 0 Å². The Hall–Kier alpha value is -1.35. The van der Waals surface area contributed by atoms with Crippen molar-refractivity contribution >= 4 is 5.78 Å². The van der Waals surface area contributed by atoms with Crippen LogP contribution in [0.15, 0.2) is 18.2 Å². The van der Waals surface area contributed by atoms with E-state index in [0.717, 1.165) is 38.2 Å². The highest BCUT2D eigenvalue weighted by atomic mass is 16.5. The zero-order valence-corrected chi connectivity index (χ0v) is 11.3. The van der Waals surface area contributed by atoms with E-state index in [2.05, 4.69) is 17.4 Å². The van der Waals surface area contributed by atoms with E-state index in [1.54, 1.807) is 0 Å². The van der Waals surface area contributed by atoms with Gasteiger partial charge >= 0.3 is 0 Å². The number of fused-ring (bicyclic) bond motifs is 1. The summed E-state index contributed by atoms with van der Waals surface area (Å²) in [5, 5.41) is 3.33. The first-order chi connectivity index (χ1) is 9.33. The van der Waals surface area contributed by atoms with Crippen LogP contribution in [0, 0.1) is 0 Å². The van der Waals surface area contributed by atoms with Crippen LogP contribution in [0.2, 0.25) is 0 Å². The molecule has 0 aliphatic carbocycles. The van der Waals surface area contributed by atoms with E-state index in [4.69, 9.17) is 4.74 Å². The second-order valence-corrected chi connectivity index (χ2v) is 5.51. The normalized spacial score (nSPS) is 21.8. The predicted octanol–water partition coefficient (Wildman–Crippen LogP) is 2.27. The van der Waals surface area contributed by atoms with Crippen LogP contribution < -0.4 is 10.1 Å². The first kappa shape index (κ1) is 12.7. The summed E-state index contributed by atoms with van der Waals surface area (Å²) in [4.78, 5) is 12.1. The molecule has 3 nitrogen and oxygen atoms in total. The molecule has 3 heteroatoms.